The Bertz CT molecular complexity index is 1180. The number of aromatic nitrogens is 2. The Labute approximate surface area is 156 Å². The maximum absolute atomic E-state index is 12.8. The topological polar surface area (TPSA) is 123 Å². The van der Waals surface area contributed by atoms with Gasteiger partial charge in [-0.3, -0.25) is 4.40 Å². The molecule has 0 radical (unpaired) electrons. The number of nitrogens with zero attached hydrogens (tertiary/aromatic N) is 5. The Morgan fingerprint density at radius 2 is 2.15 bits per heavy atom. The minimum absolute atomic E-state index is 0.288. The van der Waals surface area contributed by atoms with Crippen LogP contribution < -0.4 is 4.83 Å². The van der Waals surface area contributed by atoms with Crippen molar-refractivity contribution in [1.82, 2.24) is 14.2 Å². The lowest BCUT2D eigenvalue weighted by Gasteiger charge is -2.32. The Morgan fingerprint density at radius 3 is 2.85 bits per heavy atom. The Balaban J connectivity index is 1.88. The molecule has 0 bridgehead atoms. The lowest BCUT2D eigenvalue weighted by molar-refractivity contribution is 0.503. The van der Waals surface area contributed by atoms with Gasteiger partial charge in [-0.2, -0.15) is 15.6 Å². The largest absolute Gasteiger partial charge is 0.297 e. The van der Waals surface area contributed by atoms with Gasteiger partial charge in [-0.25, -0.2) is 18.2 Å². The van der Waals surface area contributed by atoms with Crippen LogP contribution in [0.4, 0.5) is 0 Å². The number of nitriles is 2. The number of rotatable bonds is 4. The number of hydrazone groups is 1. The van der Waals surface area contributed by atoms with Crippen LogP contribution in [-0.4, -0.2) is 28.8 Å². The van der Waals surface area contributed by atoms with Crippen LogP contribution in [0.15, 0.2) is 53.4 Å². The van der Waals surface area contributed by atoms with Crippen molar-refractivity contribution in [2.45, 2.75) is 18.6 Å². The zero-order valence-electron chi connectivity index (χ0n) is 14.7. The van der Waals surface area contributed by atoms with E-state index in [-0.39, 0.29) is 11.5 Å². The second-order valence-corrected chi connectivity index (χ2v) is 8.41. The summed E-state index contributed by atoms with van der Waals surface area (Å²) in [6.07, 6.45) is 9.17. The molecule has 0 amide bonds. The van der Waals surface area contributed by atoms with E-state index in [2.05, 4.69) is 14.9 Å². The number of nitrogens with one attached hydrogen (secondary N) is 1. The lowest BCUT2D eigenvalue weighted by atomic mass is 9.88. The van der Waals surface area contributed by atoms with Crippen LogP contribution in [0.25, 0.3) is 5.65 Å². The molecule has 0 aromatic carbocycles. The van der Waals surface area contributed by atoms with E-state index in [1.807, 2.05) is 12.1 Å². The second kappa shape index (κ2) is 6.71. The number of pyridine rings is 1. The quantitative estimate of drug-likeness (QED) is 0.640. The van der Waals surface area contributed by atoms with Crippen molar-refractivity contribution in [1.29, 1.82) is 10.5 Å². The molecule has 1 aliphatic rings. The fourth-order valence-electron chi connectivity index (χ4n) is 2.74. The highest BCUT2D eigenvalue weighted by atomic mass is 32.2. The smallest absolute Gasteiger partial charge is 0.257 e. The van der Waals surface area contributed by atoms with Crippen LogP contribution in [0.2, 0.25) is 0 Å². The predicted octanol–water partition coefficient (Wildman–Crippen LogP) is 1.87. The summed E-state index contributed by atoms with van der Waals surface area (Å²) in [4.78, 5) is 6.40. The third kappa shape index (κ3) is 3.21. The van der Waals surface area contributed by atoms with Crippen molar-refractivity contribution in [2.75, 3.05) is 0 Å². The van der Waals surface area contributed by atoms with Gasteiger partial charge in [-0.15, -0.1) is 0 Å². The van der Waals surface area contributed by atoms with E-state index in [0.717, 1.165) is 0 Å². The summed E-state index contributed by atoms with van der Waals surface area (Å²) in [5, 5.41) is 21.9. The Hall–Kier alpha value is -3.43. The van der Waals surface area contributed by atoms with E-state index >= 15 is 0 Å². The molecule has 136 valence electrons. The molecule has 2 heterocycles. The fourth-order valence-corrected chi connectivity index (χ4v) is 3.98. The van der Waals surface area contributed by atoms with Crippen LogP contribution in [0.1, 0.15) is 25.1 Å². The third-order valence-electron chi connectivity index (χ3n) is 4.65. The van der Waals surface area contributed by atoms with E-state index in [9.17, 15) is 8.42 Å². The van der Waals surface area contributed by atoms with E-state index in [1.54, 1.807) is 48.7 Å². The molecule has 1 N–H and O–H groups in total. The second-order valence-electron chi connectivity index (χ2n) is 6.34. The van der Waals surface area contributed by atoms with Gasteiger partial charge in [-0.1, -0.05) is 13.0 Å². The molecule has 3 rings (SSSR count). The van der Waals surface area contributed by atoms with Gasteiger partial charge in [0, 0.05) is 11.8 Å². The molecule has 0 saturated carbocycles. The number of imidazole rings is 1. The van der Waals surface area contributed by atoms with Crippen molar-refractivity contribution in [3.8, 4) is 12.1 Å². The monoisotopic (exact) mass is 380 g/mol. The average Bonchev–Trinajstić information content (AvgIpc) is 3.06. The summed E-state index contributed by atoms with van der Waals surface area (Å²) in [5.74, 6) is -0.337. The molecule has 2 unspecified atom stereocenters. The highest BCUT2D eigenvalue weighted by Crippen LogP contribution is 2.33. The van der Waals surface area contributed by atoms with Crippen LogP contribution in [0.5, 0.6) is 0 Å². The van der Waals surface area contributed by atoms with E-state index < -0.39 is 14.8 Å². The van der Waals surface area contributed by atoms with Gasteiger partial charge in [0.25, 0.3) is 10.0 Å². The first-order valence-electron chi connectivity index (χ1n) is 8.03. The number of hydrogen-bond donors (Lipinski definition) is 1. The Kier molecular flexibility index (Phi) is 4.56. The molecule has 0 fully saturated rings. The fraction of sp³-hybridized carbons (Fsp3) is 0.222. The molecule has 2 aromatic rings. The molecule has 8 nitrogen and oxygen atoms in total. The SMILES string of the molecule is CC1C=CC(C#N)=CC1(C)S(=O)(=O)NN=Cc1cnc2ccc(C#N)cn12. The van der Waals surface area contributed by atoms with Crippen LogP contribution >= 0.6 is 0 Å². The van der Waals surface area contributed by atoms with Gasteiger partial charge in [0.05, 0.1) is 29.7 Å². The standard InChI is InChI=1S/C18H16N6O2S/c1-13-3-4-14(8-19)7-18(13,2)27(25,26)23-22-11-16-10-21-17-6-5-15(9-20)12-24(16)17/h3-7,10-13,23H,1-2H3. The summed E-state index contributed by atoms with van der Waals surface area (Å²) in [7, 11) is -3.90. The number of hydrogen-bond acceptors (Lipinski definition) is 6. The molecule has 2 aromatic heterocycles. The minimum Gasteiger partial charge on any atom is -0.297 e. The normalized spacial score (nSPS) is 22.4. The summed E-state index contributed by atoms with van der Waals surface area (Å²) in [5.41, 5.74) is 1.86. The van der Waals surface area contributed by atoms with E-state index in [1.165, 1.54) is 18.5 Å². The average molecular weight is 380 g/mol. The molecule has 0 spiro atoms. The van der Waals surface area contributed by atoms with Crippen molar-refractivity contribution in [3.05, 3.63) is 59.6 Å². The summed E-state index contributed by atoms with van der Waals surface area (Å²) in [6, 6.07) is 7.33. The molecular weight excluding hydrogens is 364 g/mol. The van der Waals surface area contributed by atoms with Crippen molar-refractivity contribution < 1.29 is 8.42 Å². The zero-order chi connectivity index (χ0) is 19.7. The van der Waals surface area contributed by atoms with E-state index in [4.69, 9.17) is 10.5 Å². The molecule has 1 aliphatic carbocycles. The van der Waals surface area contributed by atoms with Gasteiger partial charge in [0.1, 0.15) is 16.5 Å². The first-order valence-corrected chi connectivity index (χ1v) is 9.52. The summed E-state index contributed by atoms with van der Waals surface area (Å²) < 4.78 is 25.9. The van der Waals surface area contributed by atoms with Crippen molar-refractivity contribution in [3.63, 3.8) is 0 Å². The molecular formula is C18H16N6O2S. The third-order valence-corrected chi connectivity index (χ3v) is 6.65. The van der Waals surface area contributed by atoms with Crippen molar-refractivity contribution in [2.24, 2.45) is 11.0 Å². The molecule has 0 saturated heterocycles. The van der Waals surface area contributed by atoms with E-state index in [0.29, 0.717) is 16.9 Å². The van der Waals surface area contributed by atoms with Crippen LogP contribution in [0, 0.1) is 28.6 Å². The Morgan fingerprint density at radius 1 is 1.37 bits per heavy atom. The van der Waals surface area contributed by atoms with Crippen molar-refractivity contribution >= 4 is 21.9 Å². The number of allylic oxidation sites excluding steroid dienone is 3. The van der Waals surface area contributed by atoms with Gasteiger partial charge >= 0.3 is 0 Å². The first-order chi connectivity index (χ1) is 12.8. The summed E-state index contributed by atoms with van der Waals surface area (Å²) in [6.45, 7) is 3.31. The predicted molar refractivity (Wildman–Crippen MR) is 100.0 cm³/mol. The minimum atomic E-state index is -3.90. The van der Waals surface area contributed by atoms with Gasteiger partial charge in [0.2, 0.25) is 0 Å². The van der Waals surface area contributed by atoms with Crippen LogP contribution in [-0.2, 0) is 10.0 Å². The highest BCUT2D eigenvalue weighted by molar-refractivity contribution is 7.91. The van der Waals surface area contributed by atoms with Gasteiger partial charge in [0.15, 0.2) is 0 Å². The van der Waals surface area contributed by atoms with Crippen LogP contribution in [0.3, 0.4) is 0 Å². The number of fused-ring (bicyclic) bond motifs is 1. The molecule has 2 atom stereocenters. The first kappa shape index (κ1) is 18.4. The molecule has 27 heavy (non-hydrogen) atoms. The van der Waals surface area contributed by atoms with Gasteiger partial charge < -0.3 is 0 Å². The maximum atomic E-state index is 12.8. The maximum Gasteiger partial charge on any atom is 0.257 e. The highest BCUT2D eigenvalue weighted by Gasteiger charge is 2.43. The molecule has 9 heteroatoms. The lowest BCUT2D eigenvalue weighted by Crippen LogP contribution is -2.46. The number of sulfonamides is 1. The summed E-state index contributed by atoms with van der Waals surface area (Å²) >= 11 is 0. The zero-order valence-corrected chi connectivity index (χ0v) is 15.5. The molecule has 0 aliphatic heterocycles. The van der Waals surface area contributed by atoms with Gasteiger partial charge in [-0.05, 0) is 37.1 Å².